The van der Waals surface area contributed by atoms with E-state index in [1.54, 1.807) is 0 Å². The molecule has 3 heteroatoms. The van der Waals surface area contributed by atoms with Crippen molar-refractivity contribution in [2.45, 2.75) is 58.1 Å². The predicted octanol–water partition coefficient (Wildman–Crippen LogP) is 9.47. The number of hydrogen-bond donors (Lipinski definition) is 0. The molecule has 0 amide bonds. The van der Waals surface area contributed by atoms with Gasteiger partial charge in [-0.2, -0.15) is 0 Å². The van der Waals surface area contributed by atoms with Crippen LogP contribution in [0.4, 0.5) is 11.4 Å². The maximum atomic E-state index is 2.45. The van der Waals surface area contributed by atoms with Crippen molar-refractivity contribution in [2.75, 3.05) is 36.0 Å². The van der Waals surface area contributed by atoms with E-state index in [2.05, 4.69) is 142 Å². The van der Waals surface area contributed by atoms with Crippen LogP contribution in [-0.4, -0.2) is 26.2 Å². The molecular weight excluding hydrogens is 492 g/mol. The highest BCUT2D eigenvalue weighted by Crippen LogP contribution is 2.39. The van der Waals surface area contributed by atoms with Gasteiger partial charge in [-0.15, -0.1) is 11.8 Å². The monoisotopic (exact) mass is 536 g/mol. The van der Waals surface area contributed by atoms with Crippen LogP contribution in [0.3, 0.4) is 0 Å². The first-order chi connectivity index (χ1) is 19.0. The number of hydrogen-bond acceptors (Lipinski definition) is 3. The van der Waals surface area contributed by atoms with Crippen LogP contribution in [0.25, 0.3) is 0 Å². The van der Waals surface area contributed by atoms with Gasteiger partial charge in [-0.05, 0) is 111 Å². The first-order valence-corrected chi connectivity index (χ1v) is 15.4. The van der Waals surface area contributed by atoms with E-state index in [1.807, 2.05) is 11.8 Å². The van der Waals surface area contributed by atoms with Gasteiger partial charge in [0, 0.05) is 54.1 Å². The van der Waals surface area contributed by atoms with Crippen LogP contribution in [-0.2, 0) is 5.75 Å². The van der Waals surface area contributed by atoms with Gasteiger partial charge in [0.05, 0.1) is 0 Å². The second-order valence-corrected chi connectivity index (χ2v) is 11.3. The van der Waals surface area contributed by atoms with E-state index < -0.39 is 0 Å². The van der Waals surface area contributed by atoms with Gasteiger partial charge in [-0.3, -0.25) is 0 Å². The molecule has 4 rings (SSSR count). The summed E-state index contributed by atoms with van der Waals surface area (Å²) >= 11 is 1.90. The van der Waals surface area contributed by atoms with Crippen molar-refractivity contribution in [2.24, 2.45) is 0 Å². The SMILES string of the molecule is CCN(CC)c1ccc(C)c(C(c2ccc(SCc3ccccc3)cc2)c2cc(N(CC)CC)ccc2C)c1. The third-order valence-electron chi connectivity index (χ3n) is 7.87. The lowest BCUT2D eigenvalue weighted by Gasteiger charge is -2.28. The highest BCUT2D eigenvalue weighted by molar-refractivity contribution is 7.98. The molecule has 0 radical (unpaired) electrons. The first kappa shape index (κ1) is 28.8. The molecule has 39 heavy (non-hydrogen) atoms. The highest BCUT2D eigenvalue weighted by Gasteiger charge is 2.23. The number of nitrogens with zero attached hydrogens (tertiary/aromatic N) is 2. The smallest absolute Gasteiger partial charge is 0.0369 e. The van der Waals surface area contributed by atoms with Gasteiger partial charge >= 0.3 is 0 Å². The molecular formula is C36H44N2S. The van der Waals surface area contributed by atoms with Gasteiger partial charge in [-0.1, -0.05) is 54.6 Å². The molecule has 0 aromatic heterocycles. The molecule has 0 unspecified atom stereocenters. The predicted molar refractivity (Wildman–Crippen MR) is 173 cm³/mol. The summed E-state index contributed by atoms with van der Waals surface area (Å²) in [4.78, 5) is 6.20. The average molecular weight is 537 g/mol. The Morgan fingerprint density at radius 2 is 1.08 bits per heavy atom. The Labute approximate surface area is 241 Å². The summed E-state index contributed by atoms with van der Waals surface area (Å²) in [6, 6.07) is 34.1. The summed E-state index contributed by atoms with van der Waals surface area (Å²) in [5, 5.41) is 0. The molecule has 0 saturated heterocycles. The molecule has 0 fully saturated rings. The average Bonchev–Trinajstić information content (AvgIpc) is 2.97. The molecule has 204 valence electrons. The first-order valence-electron chi connectivity index (χ1n) is 14.5. The largest absolute Gasteiger partial charge is 0.372 e. The quantitative estimate of drug-likeness (QED) is 0.131. The van der Waals surface area contributed by atoms with Crippen LogP contribution >= 0.6 is 11.8 Å². The molecule has 0 heterocycles. The van der Waals surface area contributed by atoms with Crippen molar-refractivity contribution in [1.29, 1.82) is 0 Å². The molecule has 2 nitrogen and oxygen atoms in total. The van der Waals surface area contributed by atoms with Crippen molar-refractivity contribution in [3.63, 3.8) is 0 Å². The van der Waals surface area contributed by atoms with Crippen LogP contribution in [0.15, 0.2) is 95.9 Å². The summed E-state index contributed by atoms with van der Waals surface area (Å²) < 4.78 is 0. The fourth-order valence-corrected chi connectivity index (χ4v) is 6.33. The second-order valence-electron chi connectivity index (χ2n) is 10.2. The normalized spacial score (nSPS) is 11.2. The molecule has 4 aromatic carbocycles. The molecule has 0 atom stereocenters. The van der Waals surface area contributed by atoms with Gasteiger partial charge in [0.2, 0.25) is 0 Å². The lowest BCUT2D eigenvalue weighted by Crippen LogP contribution is -2.23. The van der Waals surface area contributed by atoms with E-state index >= 15 is 0 Å². The van der Waals surface area contributed by atoms with Crippen molar-refractivity contribution in [3.05, 3.63) is 124 Å². The third-order valence-corrected chi connectivity index (χ3v) is 8.95. The van der Waals surface area contributed by atoms with Crippen molar-refractivity contribution in [1.82, 2.24) is 0 Å². The van der Waals surface area contributed by atoms with E-state index in [0.29, 0.717) is 0 Å². The molecule has 0 saturated carbocycles. The van der Waals surface area contributed by atoms with E-state index in [1.165, 1.54) is 49.7 Å². The number of benzene rings is 4. The fraction of sp³-hybridized carbons (Fsp3) is 0.333. The lowest BCUT2D eigenvalue weighted by atomic mass is 9.81. The van der Waals surface area contributed by atoms with E-state index in [0.717, 1.165) is 31.9 Å². The molecule has 0 aliphatic rings. The van der Waals surface area contributed by atoms with Crippen molar-refractivity contribution < 1.29 is 0 Å². The van der Waals surface area contributed by atoms with Gasteiger partial charge < -0.3 is 9.80 Å². The maximum Gasteiger partial charge on any atom is 0.0369 e. The molecule has 0 spiro atoms. The minimum atomic E-state index is 0.171. The zero-order valence-corrected chi connectivity index (χ0v) is 25.4. The highest BCUT2D eigenvalue weighted by atomic mass is 32.2. The molecule has 0 aliphatic carbocycles. The Balaban J connectivity index is 1.79. The second kappa shape index (κ2) is 13.8. The van der Waals surface area contributed by atoms with Gasteiger partial charge in [0.1, 0.15) is 0 Å². The standard InChI is InChI=1S/C36H44N2S/c1-7-37(8-2)31-20-16-27(5)34(24-31)36(35-25-32(21-17-28(35)6)38(9-3)10-4)30-18-22-33(23-19-30)39-26-29-14-12-11-13-15-29/h11-25,36H,7-10,26H2,1-6H3. The van der Waals surface area contributed by atoms with Gasteiger partial charge in [0.15, 0.2) is 0 Å². The van der Waals surface area contributed by atoms with Crippen LogP contribution in [0.1, 0.15) is 67.0 Å². The van der Waals surface area contributed by atoms with Crippen LogP contribution < -0.4 is 9.80 Å². The van der Waals surface area contributed by atoms with Gasteiger partial charge in [-0.25, -0.2) is 0 Å². The minimum Gasteiger partial charge on any atom is -0.372 e. The van der Waals surface area contributed by atoms with Crippen LogP contribution in [0, 0.1) is 13.8 Å². The topological polar surface area (TPSA) is 6.48 Å². The number of rotatable bonds is 12. The van der Waals surface area contributed by atoms with Crippen LogP contribution in [0.5, 0.6) is 0 Å². The minimum absolute atomic E-state index is 0.171. The van der Waals surface area contributed by atoms with E-state index in [4.69, 9.17) is 0 Å². The zero-order valence-electron chi connectivity index (χ0n) is 24.6. The number of anilines is 2. The Hall–Kier alpha value is -3.17. The molecule has 0 aliphatic heterocycles. The van der Waals surface area contributed by atoms with E-state index in [-0.39, 0.29) is 5.92 Å². The zero-order chi connectivity index (χ0) is 27.8. The Morgan fingerprint density at radius 1 is 0.590 bits per heavy atom. The Morgan fingerprint density at radius 3 is 1.54 bits per heavy atom. The Kier molecular flexibility index (Phi) is 10.2. The molecule has 4 aromatic rings. The van der Waals surface area contributed by atoms with Crippen molar-refractivity contribution >= 4 is 23.1 Å². The lowest BCUT2D eigenvalue weighted by molar-refractivity contribution is 0.855. The number of thioether (sulfide) groups is 1. The fourth-order valence-electron chi connectivity index (χ4n) is 5.47. The van der Waals surface area contributed by atoms with Crippen molar-refractivity contribution in [3.8, 4) is 0 Å². The molecule has 0 N–H and O–H groups in total. The Bertz CT molecular complexity index is 1260. The number of aryl methyl sites for hydroxylation is 2. The van der Waals surface area contributed by atoms with Gasteiger partial charge in [0.25, 0.3) is 0 Å². The maximum absolute atomic E-state index is 2.45. The summed E-state index contributed by atoms with van der Waals surface area (Å²) in [6.07, 6.45) is 0. The summed E-state index contributed by atoms with van der Waals surface area (Å²) in [7, 11) is 0. The summed E-state index contributed by atoms with van der Waals surface area (Å²) in [6.45, 7) is 17.5. The molecule has 0 bridgehead atoms. The summed E-state index contributed by atoms with van der Waals surface area (Å²) in [5.41, 5.74) is 10.8. The third kappa shape index (κ3) is 6.89. The van der Waals surface area contributed by atoms with Crippen LogP contribution in [0.2, 0.25) is 0 Å². The van der Waals surface area contributed by atoms with E-state index in [9.17, 15) is 0 Å². The summed E-state index contributed by atoms with van der Waals surface area (Å²) in [5.74, 6) is 1.16.